The minimum absolute atomic E-state index is 0.427. The Morgan fingerprint density at radius 3 is 1.57 bits per heavy atom. The number of hydrogen-bond donors (Lipinski definition) is 0. The fraction of sp³-hybridized carbons (Fsp3) is 0.0196. The summed E-state index contributed by atoms with van der Waals surface area (Å²) in [7, 11) is 0. The zero-order valence-electron chi connectivity index (χ0n) is 28.9. The maximum atomic E-state index is 5.43. The minimum Gasteiger partial charge on any atom is -0.228 e. The maximum Gasteiger partial charge on any atom is 0.161 e. The first-order chi connectivity index (χ1) is 26.3. The average molecular weight is 673 g/mol. The third-order valence-corrected chi connectivity index (χ3v) is 11.3. The van der Waals surface area contributed by atoms with Gasteiger partial charge in [0.25, 0.3) is 0 Å². The van der Waals surface area contributed by atoms with Crippen molar-refractivity contribution < 1.29 is 0 Å². The highest BCUT2D eigenvalue weighted by molar-refractivity contribution is 5.99. The van der Waals surface area contributed by atoms with Crippen LogP contribution in [0, 0.1) is 0 Å². The number of benzene rings is 8. The van der Waals surface area contributed by atoms with E-state index in [1.807, 2.05) is 0 Å². The van der Waals surface area contributed by atoms with E-state index in [1.54, 1.807) is 0 Å². The quantitative estimate of drug-likeness (QED) is 0.186. The molecule has 1 aromatic heterocycles. The molecule has 2 aliphatic rings. The highest BCUT2D eigenvalue weighted by atomic mass is 14.9. The van der Waals surface area contributed by atoms with Crippen LogP contribution in [-0.2, 0) is 5.41 Å². The van der Waals surface area contributed by atoms with E-state index < -0.39 is 5.41 Å². The van der Waals surface area contributed by atoms with Crippen LogP contribution in [0.5, 0.6) is 0 Å². The number of aromatic nitrogens is 2. The van der Waals surface area contributed by atoms with Crippen molar-refractivity contribution in [3.8, 4) is 67.3 Å². The Kier molecular flexibility index (Phi) is 6.50. The molecule has 0 saturated heterocycles. The summed E-state index contributed by atoms with van der Waals surface area (Å²) in [5.74, 6) is 0.723. The first-order valence-electron chi connectivity index (χ1n) is 18.2. The SMILES string of the molecule is c1ccc(-c2cc(-c3cccc(-c4ccc5ccccc5c4)c3)nc(-c3cccc4c3-c3ccccc3C43c4ccccc4-c4ccccc43)n2)cc1. The van der Waals surface area contributed by atoms with Crippen molar-refractivity contribution in [3.05, 3.63) is 216 Å². The molecule has 0 radical (unpaired) electrons. The summed E-state index contributed by atoms with van der Waals surface area (Å²) < 4.78 is 0. The normalized spacial score (nSPS) is 13.1. The van der Waals surface area contributed by atoms with Gasteiger partial charge in [-0.25, -0.2) is 9.97 Å². The van der Waals surface area contributed by atoms with Crippen LogP contribution in [0.1, 0.15) is 22.3 Å². The van der Waals surface area contributed by atoms with Crippen LogP contribution in [0.15, 0.2) is 194 Å². The number of hydrogen-bond acceptors (Lipinski definition) is 2. The largest absolute Gasteiger partial charge is 0.228 e. The molecule has 0 aliphatic heterocycles. The monoisotopic (exact) mass is 672 g/mol. The molecule has 2 heteroatoms. The number of fused-ring (bicyclic) bond motifs is 11. The third kappa shape index (κ3) is 4.39. The third-order valence-electron chi connectivity index (χ3n) is 11.3. The molecule has 0 amide bonds. The lowest BCUT2D eigenvalue weighted by atomic mass is 9.70. The van der Waals surface area contributed by atoms with Crippen LogP contribution in [0.2, 0.25) is 0 Å². The lowest BCUT2D eigenvalue weighted by molar-refractivity contribution is 0.794. The molecule has 9 aromatic rings. The van der Waals surface area contributed by atoms with E-state index in [-0.39, 0.29) is 0 Å². The fourth-order valence-electron chi connectivity index (χ4n) is 9.03. The van der Waals surface area contributed by atoms with Crippen LogP contribution < -0.4 is 0 Å². The zero-order valence-corrected chi connectivity index (χ0v) is 28.9. The molecule has 2 aliphatic carbocycles. The molecule has 53 heavy (non-hydrogen) atoms. The van der Waals surface area contributed by atoms with Crippen LogP contribution in [0.3, 0.4) is 0 Å². The Bertz CT molecular complexity index is 2860. The van der Waals surface area contributed by atoms with Gasteiger partial charge >= 0.3 is 0 Å². The van der Waals surface area contributed by atoms with Crippen LogP contribution in [-0.4, -0.2) is 9.97 Å². The molecule has 0 saturated carbocycles. The van der Waals surface area contributed by atoms with Crippen LogP contribution in [0.25, 0.3) is 78.1 Å². The first-order valence-corrected chi connectivity index (χ1v) is 18.2. The van der Waals surface area contributed by atoms with Crippen LogP contribution >= 0.6 is 0 Å². The molecule has 0 bridgehead atoms. The topological polar surface area (TPSA) is 25.8 Å². The van der Waals surface area contributed by atoms with Gasteiger partial charge in [-0.05, 0) is 84.6 Å². The lowest BCUT2D eigenvalue weighted by Crippen LogP contribution is -2.25. The zero-order chi connectivity index (χ0) is 34.9. The van der Waals surface area contributed by atoms with Gasteiger partial charge < -0.3 is 0 Å². The molecule has 0 atom stereocenters. The smallest absolute Gasteiger partial charge is 0.161 e. The maximum absolute atomic E-state index is 5.43. The van der Waals surface area contributed by atoms with Gasteiger partial charge in [0.1, 0.15) is 0 Å². The minimum atomic E-state index is -0.427. The van der Waals surface area contributed by atoms with Crippen molar-refractivity contribution in [2.24, 2.45) is 0 Å². The fourth-order valence-corrected chi connectivity index (χ4v) is 9.03. The predicted molar refractivity (Wildman–Crippen MR) is 218 cm³/mol. The molecule has 1 heterocycles. The number of rotatable bonds is 4. The summed E-state index contributed by atoms with van der Waals surface area (Å²) in [5.41, 5.74) is 17.1. The molecule has 11 rings (SSSR count). The van der Waals surface area contributed by atoms with Crippen molar-refractivity contribution in [1.29, 1.82) is 0 Å². The summed E-state index contributed by atoms with van der Waals surface area (Å²) in [6.07, 6.45) is 0. The van der Waals surface area contributed by atoms with E-state index >= 15 is 0 Å². The molecular formula is C51H32N2. The van der Waals surface area contributed by atoms with E-state index in [4.69, 9.17) is 9.97 Å². The summed E-state index contributed by atoms with van der Waals surface area (Å²) in [6, 6.07) is 70.1. The molecular weight excluding hydrogens is 641 g/mol. The highest BCUT2D eigenvalue weighted by Crippen LogP contribution is 2.63. The van der Waals surface area contributed by atoms with E-state index in [2.05, 4.69) is 194 Å². The molecule has 8 aromatic carbocycles. The van der Waals surface area contributed by atoms with Crippen molar-refractivity contribution >= 4 is 10.8 Å². The molecule has 1 spiro atoms. The van der Waals surface area contributed by atoms with Crippen molar-refractivity contribution in [1.82, 2.24) is 9.97 Å². The van der Waals surface area contributed by atoms with Gasteiger partial charge in [0.15, 0.2) is 5.82 Å². The van der Waals surface area contributed by atoms with Gasteiger partial charge in [0, 0.05) is 16.7 Å². The van der Waals surface area contributed by atoms with Crippen molar-refractivity contribution in [2.75, 3.05) is 0 Å². The highest BCUT2D eigenvalue weighted by Gasteiger charge is 2.52. The van der Waals surface area contributed by atoms with Gasteiger partial charge in [-0.3, -0.25) is 0 Å². The van der Waals surface area contributed by atoms with Gasteiger partial charge in [-0.2, -0.15) is 0 Å². The summed E-state index contributed by atoms with van der Waals surface area (Å²) in [6.45, 7) is 0. The van der Waals surface area contributed by atoms with E-state index in [9.17, 15) is 0 Å². The second kappa shape index (κ2) is 11.6. The van der Waals surface area contributed by atoms with Gasteiger partial charge in [-0.1, -0.05) is 176 Å². The average Bonchev–Trinajstić information content (AvgIpc) is 3.71. The molecule has 246 valence electrons. The predicted octanol–water partition coefficient (Wildman–Crippen LogP) is 12.6. The van der Waals surface area contributed by atoms with Crippen LogP contribution in [0.4, 0.5) is 0 Å². The van der Waals surface area contributed by atoms with Crippen molar-refractivity contribution in [3.63, 3.8) is 0 Å². The van der Waals surface area contributed by atoms with Gasteiger partial charge in [0.05, 0.1) is 16.8 Å². The van der Waals surface area contributed by atoms with E-state index in [0.717, 1.165) is 39.5 Å². The molecule has 0 fully saturated rings. The number of nitrogens with zero attached hydrogens (tertiary/aromatic N) is 2. The second-order valence-electron chi connectivity index (χ2n) is 14.1. The Labute approximate surface area is 308 Å². The summed E-state index contributed by atoms with van der Waals surface area (Å²) in [5, 5.41) is 2.47. The standard InChI is InChI=1S/C51H32N2/c1-2-15-34(16-3-1)47-32-48(38-19-12-18-36(31-38)37-29-28-33-14-4-5-17-35(33)30-37)53-50(52-47)42-23-13-27-46-49(42)41-22-8-11-26-45(41)51(46)43-24-9-6-20-39(43)40-21-7-10-25-44(40)51/h1-32H. The Morgan fingerprint density at radius 1 is 0.302 bits per heavy atom. The summed E-state index contributed by atoms with van der Waals surface area (Å²) in [4.78, 5) is 10.8. The lowest BCUT2D eigenvalue weighted by Gasteiger charge is -2.30. The second-order valence-corrected chi connectivity index (χ2v) is 14.1. The van der Waals surface area contributed by atoms with Gasteiger partial charge in [0.2, 0.25) is 0 Å². The first kappa shape index (κ1) is 29.8. The molecule has 0 unspecified atom stereocenters. The summed E-state index contributed by atoms with van der Waals surface area (Å²) >= 11 is 0. The van der Waals surface area contributed by atoms with Crippen molar-refractivity contribution in [2.45, 2.75) is 5.41 Å². The Balaban J connectivity index is 1.14. The van der Waals surface area contributed by atoms with E-state index in [1.165, 1.54) is 60.8 Å². The Hall–Kier alpha value is -6.90. The van der Waals surface area contributed by atoms with Gasteiger partial charge in [-0.15, -0.1) is 0 Å². The Morgan fingerprint density at radius 2 is 0.811 bits per heavy atom. The molecule has 0 N–H and O–H groups in total. The van der Waals surface area contributed by atoms with E-state index in [0.29, 0.717) is 0 Å². The molecule has 2 nitrogen and oxygen atoms in total.